The highest BCUT2D eigenvalue weighted by molar-refractivity contribution is 6.30. The molecule has 0 fully saturated rings. The van der Waals surface area contributed by atoms with Gasteiger partial charge in [0.25, 0.3) is 5.91 Å². The molecule has 1 amide bonds. The van der Waals surface area contributed by atoms with E-state index in [4.69, 9.17) is 16.3 Å². The van der Waals surface area contributed by atoms with Gasteiger partial charge in [0.1, 0.15) is 10.9 Å². The maximum atomic E-state index is 13.3. The molecule has 7 nitrogen and oxygen atoms in total. The first-order valence-corrected chi connectivity index (χ1v) is 17.9. The number of benzene rings is 1. The highest BCUT2D eigenvalue weighted by atomic mass is 35.5. The maximum Gasteiger partial charge on any atom is 0.256 e. The number of nitrogens with one attached hydrogen (secondary N) is 2. The van der Waals surface area contributed by atoms with E-state index in [1.807, 2.05) is 27.1 Å². The van der Waals surface area contributed by atoms with Crippen LogP contribution in [0.5, 0.6) is 5.75 Å². The molecule has 1 aromatic carbocycles. The van der Waals surface area contributed by atoms with Crippen LogP contribution in [0.15, 0.2) is 70.5 Å². The van der Waals surface area contributed by atoms with Crippen molar-refractivity contribution in [1.29, 1.82) is 0 Å². The lowest BCUT2D eigenvalue weighted by atomic mass is 9.94. The zero-order chi connectivity index (χ0) is 37.4. The smallest absolute Gasteiger partial charge is 0.256 e. The molecule has 1 aliphatic heterocycles. The zero-order valence-electron chi connectivity index (χ0n) is 31.5. The first kappa shape index (κ1) is 45.2. The zero-order valence-corrected chi connectivity index (χ0v) is 32.3. The topological polar surface area (TPSA) is 84.7 Å². The monoisotopic (exact) mass is 698 g/mol. The number of pyridine rings is 1. The molecule has 9 heteroatoms. The van der Waals surface area contributed by atoms with Crippen LogP contribution in [0.2, 0.25) is 5.02 Å². The Hall–Kier alpha value is -3.75. The lowest BCUT2D eigenvalue weighted by Gasteiger charge is -2.23. The molecule has 0 bridgehead atoms. The molecule has 0 radical (unpaired) electrons. The van der Waals surface area contributed by atoms with Crippen LogP contribution < -0.4 is 31.4 Å². The molecule has 2 heterocycles. The molecular formula is C40H60ClFN4O3. The van der Waals surface area contributed by atoms with Crippen LogP contribution >= 0.6 is 11.6 Å². The Morgan fingerprint density at radius 2 is 1.84 bits per heavy atom. The lowest BCUT2D eigenvalue weighted by Crippen LogP contribution is -2.51. The summed E-state index contributed by atoms with van der Waals surface area (Å²) < 4.78 is 20.9. The summed E-state index contributed by atoms with van der Waals surface area (Å²) in [6, 6.07) is 5.00. The second-order valence-corrected chi connectivity index (χ2v) is 11.5. The van der Waals surface area contributed by atoms with Crippen LogP contribution in [0.3, 0.4) is 0 Å². The Balaban J connectivity index is 0.000000872. The Kier molecular flexibility index (Phi) is 24.2. The van der Waals surface area contributed by atoms with Gasteiger partial charge >= 0.3 is 0 Å². The fourth-order valence-corrected chi connectivity index (χ4v) is 5.13. The van der Waals surface area contributed by atoms with Crippen molar-refractivity contribution in [2.45, 2.75) is 101 Å². The van der Waals surface area contributed by atoms with E-state index in [0.29, 0.717) is 40.6 Å². The van der Waals surface area contributed by atoms with Crippen molar-refractivity contribution >= 4 is 35.6 Å². The molecule has 3 rings (SSSR count). The second kappa shape index (κ2) is 26.2. The normalized spacial score (nSPS) is 13.0. The molecule has 1 aliphatic rings. The van der Waals surface area contributed by atoms with Crippen molar-refractivity contribution in [1.82, 2.24) is 15.2 Å². The summed E-state index contributed by atoms with van der Waals surface area (Å²) in [4.78, 5) is 29.4. The third kappa shape index (κ3) is 14.3. The van der Waals surface area contributed by atoms with Gasteiger partial charge in [-0.15, -0.1) is 0 Å². The number of carbonyl (C=O) groups is 1. The number of ether oxygens (including phenoxy) is 1. The minimum atomic E-state index is -0.470. The highest BCUT2D eigenvalue weighted by Gasteiger charge is 2.23. The van der Waals surface area contributed by atoms with E-state index in [1.165, 1.54) is 63.8 Å². The van der Waals surface area contributed by atoms with Gasteiger partial charge in [-0.05, 0) is 78.6 Å². The molecule has 1 unspecified atom stereocenters. The van der Waals surface area contributed by atoms with E-state index in [2.05, 4.69) is 49.9 Å². The fraction of sp³-hybridized carbons (Fsp3) is 0.475. The van der Waals surface area contributed by atoms with Crippen LogP contribution in [-0.4, -0.2) is 36.8 Å². The summed E-state index contributed by atoms with van der Waals surface area (Å²) in [5.41, 5.74) is 1.74. The number of unbranched alkanes of at least 4 members (excludes halogenated alkanes) is 2. The number of aromatic nitrogens is 1. The van der Waals surface area contributed by atoms with E-state index in [0.717, 1.165) is 0 Å². The number of amides is 1. The number of halogens is 2. The van der Waals surface area contributed by atoms with Crippen LogP contribution in [0.1, 0.15) is 111 Å². The average molecular weight is 699 g/mol. The number of allylic oxidation sites excluding steroid dienone is 2. The van der Waals surface area contributed by atoms with Gasteiger partial charge in [0, 0.05) is 47.0 Å². The van der Waals surface area contributed by atoms with Gasteiger partial charge in [0.05, 0.1) is 12.0 Å². The number of hydrogen-bond acceptors (Lipinski definition) is 5. The van der Waals surface area contributed by atoms with E-state index < -0.39 is 11.3 Å². The maximum absolute atomic E-state index is 13.3. The predicted molar refractivity (Wildman–Crippen MR) is 209 cm³/mol. The number of nitrogens with zero attached hydrogens (tertiary/aromatic N) is 2. The van der Waals surface area contributed by atoms with Gasteiger partial charge in [-0.25, -0.2) is 4.39 Å². The number of carbonyl (C=O) groups excluding carboxylic acids is 1. The first-order chi connectivity index (χ1) is 23.6. The molecule has 1 aromatic heterocycles. The van der Waals surface area contributed by atoms with E-state index in [1.54, 1.807) is 55.0 Å². The summed E-state index contributed by atoms with van der Waals surface area (Å²) >= 11 is 6.06. The van der Waals surface area contributed by atoms with Crippen molar-refractivity contribution in [2.75, 3.05) is 20.1 Å². The van der Waals surface area contributed by atoms with E-state index in [-0.39, 0.29) is 22.1 Å². The number of aliphatic imine (C=N–C) groups is 1. The summed E-state index contributed by atoms with van der Waals surface area (Å²) in [5.74, 6) is 0.827. The molecule has 272 valence electrons. The summed E-state index contributed by atoms with van der Waals surface area (Å²) in [7, 11) is 2.00. The van der Waals surface area contributed by atoms with E-state index >= 15 is 0 Å². The fourth-order valence-electron chi connectivity index (χ4n) is 4.97. The minimum Gasteiger partial charge on any atom is -0.453 e. The first-order valence-electron chi connectivity index (χ1n) is 17.5. The average Bonchev–Trinajstić information content (AvgIpc) is 3.11. The molecule has 0 spiro atoms. The van der Waals surface area contributed by atoms with Gasteiger partial charge in [0.2, 0.25) is 5.43 Å². The van der Waals surface area contributed by atoms with Crippen molar-refractivity contribution in [3.05, 3.63) is 92.1 Å². The molecule has 0 saturated heterocycles. The minimum absolute atomic E-state index is 0.00210. The molecule has 1 atom stereocenters. The number of fused-ring (bicyclic) bond motifs is 3. The molecule has 49 heavy (non-hydrogen) atoms. The third-order valence-corrected chi connectivity index (χ3v) is 7.75. The number of hydrogen-bond donors (Lipinski definition) is 2. The van der Waals surface area contributed by atoms with Gasteiger partial charge in [-0.3, -0.25) is 14.6 Å². The Labute approximate surface area is 299 Å². The third-order valence-electron chi connectivity index (χ3n) is 7.52. The SMILES string of the molecule is C/C=c1/c(=O)c(C(=O)NCC)cn2c1=C(/C(C)=C/F)Oc1cc(Cl)ccc1-2.C=CC=N/C=C(\C)C(CC)CCC.CC.CCCCCNC. The van der Waals surface area contributed by atoms with Crippen molar-refractivity contribution < 1.29 is 13.9 Å². The largest absolute Gasteiger partial charge is 0.453 e. The van der Waals surface area contributed by atoms with Crippen LogP contribution in [0.25, 0.3) is 17.5 Å². The Morgan fingerprint density at radius 3 is 2.37 bits per heavy atom. The molecule has 0 aliphatic carbocycles. The summed E-state index contributed by atoms with van der Waals surface area (Å²) in [6.07, 6.45) is 16.6. The second-order valence-electron chi connectivity index (χ2n) is 11.1. The predicted octanol–water partition coefficient (Wildman–Crippen LogP) is 8.81. The van der Waals surface area contributed by atoms with Crippen molar-refractivity contribution in [3.8, 4) is 11.4 Å². The quantitative estimate of drug-likeness (QED) is 0.162. The molecule has 0 saturated carbocycles. The summed E-state index contributed by atoms with van der Waals surface area (Å²) in [6.45, 7) is 23.0. The van der Waals surface area contributed by atoms with Crippen LogP contribution in [-0.2, 0) is 0 Å². The molecule has 2 N–H and O–H groups in total. The van der Waals surface area contributed by atoms with E-state index in [9.17, 15) is 14.0 Å². The molecule has 2 aromatic rings. The van der Waals surface area contributed by atoms with Crippen LogP contribution in [0.4, 0.5) is 4.39 Å². The van der Waals surface area contributed by atoms with Crippen molar-refractivity contribution in [2.24, 2.45) is 10.9 Å². The van der Waals surface area contributed by atoms with Gasteiger partial charge in [0.15, 0.2) is 11.5 Å². The van der Waals surface area contributed by atoms with Crippen molar-refractivity contribution in [3.63, 3.8) is 0 Å². The van der Waals surface area contributed by atoms with Gasteiger partial charge in [-0.1, -0.05) is 89.8 Å². The van der Waals surface area contributed by atoms with Gasteiger partial charge < -0.3 is 19.9 Å². The van der Waals surface area contributed by atoms with Gasteiger partial charge in [-0.2, -0.15) is 0 Å². The Bertz CT molecular complexity index is 1590. The van der Waals surface area contributed by atoms with Crippen LogP contribution in [0, 0.1) is 5.92 Å². The lowest BCUT2D eigenvalue weighted by molar-refractivity contribution is 0.0954. The Morgan fingerprint density at radius 1 is 1.14 bits per heavy atom. The summed E-state index contributed by atoms with van der Waals surface area (Å²) in [5, 5.41) is 6.84. The highest BCUT2D eigenvalue weighted by Crippen LogP contribution is 2.31. The number of rotatable bonds is 13. The molecular weight excluding hydrogens is 639 g/mol. The standard InChI is InChI=1S/C20H18ClFN2O3.C12H21N.C6H15N.C2H6/c1-4-13-17-19(11(3)9-22)27-16-8-12(21)6-7-15(16)24(17)10-14(18(13)25)20(26)23-5-2;1-5-8-12(7-3)11(4)10-13-9-6-2;1-3-4-5-6-7-2;1-2/h4,6-10H,5H2,1-3H3,(H,23,26);6,9-10,12H,2,5,7-8H2,1,3-4H3;7H,3-6H2,1-2H3;1-2H3/b11-9+,13-4+;11-10+,13-9?;;.